The van der Waals surface area contributed by atoms with Crippen molar-refractivity contribution in [2.45, 2.75) is 50.1 Å². The monoisotopic (exact) mass is 764 g/mol. The van der Waals surface area contributed by atoms with Gasteiger partial charge in [-0.25, -0.2) is 35.1 Å². The van der Waals surface area contributed by atoms with Gasteiger partial charge in [-0.1, -0.05) is 23.7 Å². The number of aromatic nitrogens is 4. The lowest BCUT2D eigenvalue weighted by molar-refractivity contribution is 0.123. The van der Waals surface area contributed by atoms with E-state index in [-0.39, 0.29) is 39.5 Å². The van der Waals surface area contributed by atoms with Crippen molar-refractivity contribution in [3.63, 3.8) is 0 Å². The summed E-state index contributed by atoms with van der Waals surface area (Å²) >= 11 is 6.69. The molecule has 0 radical (unpaired) electrons. The summed E-state index contributed by atoms with van der Waals surface area (Å²) in [7, 11) is -2.70. The molecule has 52 heavy (non-hydrogen) atoms. The number of benzene rings is 3. The second-order valence-electron chi connectivity index (χ2n) is 11.9. The number of rotatable bonds is 13. The summed E-state index contributed by atoms with van der Waals surface area (Å²) in [6.45, 7) is -1.39. The number of alkyl halides is 2. The minimum absolute atomic E-state index is 0.0638. The van der Waals surface area contributed by atoms with Gasteiger partial charge in [-0.15, -0.1) is 0 Å². The number of ether oxygens (including phenoxy) is 1. The first-order chi connectivity index (χ1) is 24.7. The van der Waals surface area contributed by atoms with E-state index in [2.05, 4.69) is 15.4 Å². The van der Waals surface area contributed by atoms with Crippen molar-refractivity contribution in [3.8, 4) is 17.3 Å². The van der Waals surface area contributed by atoms with Crippen LogP contribution in [0, 0.1) is 11.6 Å². The number of hydrogen-bond donors (Lipinski definition) is 3. The summed E-state index contributed by atoms with van der Waals surface area (Å²) in [6.07, 6.45) is -4.49. The number of anilines is 1. The molecule has 1 fully saturated rings. The third-order valence-electron chi connectivity index (χ3n) is 8.23. The summed E-state index contributed by atoms with van der Waals surface area (Å²) in [5, 5.41) is 25.5. The molecule has 1 aliphatic rings. The van der Waals surface area contributed by atoms with Crippen molar-refractivity contribution < 1.29 is 45.7 Å². The van der Waals surface area contributed by atoms with E-state index in [0.29, 0.717) is 36.3 Å². The SMILES string of the molecule is COc1ccc(CN(c2nn(CC(F)F)c3c(-n4c(C(Cc5cc(F)cc(F)c5)NC(=O)O)nc(O)cc4=O)ccc(Cl)c23)S(=O)(=O)C2CC2)cc1. The first-order valence-corrected chi connectivity index (χ1v) is 17.4. The summed E-state index contributed by atoms with van der Waals surface area (Å²) in [5.41, 5.74) is -1.10. The number of methoxy groups -OCH3 is 1. The van der Waals surface area contributed by atoms with Crippen LogP contribution in [0.1, 0.15) is 35.8 Å². The molecule has 1 saturated carbocycles. The molecule has 1 amide bonds. The van der Waals surface area contributed by atoms with E-state index >= 15 is 0 Å². The van der Waals surface area contributed by atoms with Crippen molar-refractivity contribution in [2.75, 3.05) is 11.4 Å². The van der Waals surface area contributed by atoms with E-state index < -0.39 is 75.7 Å². The van der Waals surface area contributed by atoms with Crippen LogP contribution in [0.4, 0.5) is 28.2 Å². The Kier molecular flexibility index (Phi) is 10.0. The summed E-state index contributed by atoms with van der Waals surface area (Å²) in [6, 6.07) is 10.5. The lowest BCUT2D eigenvalue weighted by atomic mass is 10.0. The Bertz CT molecular complexity index is 2320. The van der Waals surface area contributed by atoms with Gasteiger partial charge in [-0.2, -0.15) is 10.1 Å². The average Bonchev–Trinajstić information content (AvgIpc) is 3.86. The molecule has 0 saturated heterocycles. The highest BCUT2D eigenvalue weighted by Crippen LogP contribution is 2.42. The Balaban J connectivity index is 1.61. The number of nitrogens with one attached hydrogen (secondary N) is 1. The Labute approximate surface area is 297 Å². The van der Waals surface area contributed by atoms with Crippen molar-refractivity contribution in [2.24, 2.45) is 0 Å². The van der Waals surface area contributed by atoms with Crippen molar-refractivity contribution in [1.29, 1.82) is 0 Å². The van der Waals surface area contributed by atoms with Gasteiger partial charge in [0, 0.05) is 12.5 Å². The molecular weight excluding hydrogens is 736 g/mol. The zero-order valence-corrected chi connectivity index (χ0v) is 28.6. The predicted octanol–water partition coefficient (Wildman–Crippen LogP) is 5.54. The molecule has 2 aromatic heterocycles. The van der Waals surface area contributed by atoms with E-state index in [0.717, 1.165) is 25.7 Å². The first kappa shape index (κ1) is 36.4. The highest BCUT2D eigenvalue weighted by molar-refractivity contribution is 7.93. The maximum Gasteiger partial charge on any atom is 0.405 e. The maximum atomic E-state index is 14.2. The first-order valence-electron chi connectivity index (χ1n) is 15.6. The van der Waals surface area contributed by atoms with E-state index in [9.17, 15) is 45.8 Å². The Morgan fingerprint density at radius 1 is 1.08 bits per heavy atom. The fourth-order valence-corrected chi connectivity index (χ4v) is 7.90. The average molecular weight is 765 g/mol. The number of amides is 1. The molecule has 274 valence electrons. The third kappa shape index (κ3) is 7.48. The van der Waals surface area contributed by atoms with Gasteiger partial charge in [0.25, 0.3) is 12.0 Å². The molecule has 5 aromatic rings. The number of hydrogen-bond acceptors (Lipinski definition) is 8. The third-order valence-corrected chi connectivity index (χ3v) is 10.8. The second kappa shape index (κ2) is 14.3. The van der Waals surface area contributed by atoms with Crippen molar-refractivity contribution >= 4 is 44.4 Å². The van der Waals surface area contributed by atoms with Crippen molar-refractivity contribution in [3.05, 3.63) is 105 Å². The highest BCUT2D eigenvalue weighted by Gasteiger charge is 2.42. The van der Waals surface area contributed by atoms with Crippen LogP contribution in [-0.4, -0.2) is 62.8 Å². The number of sulfonamides is 1. The predicted molar refractivity (Wildman–Crippen MR) is 181 cm³/mol. The Morgan fingerprint density at radius 2 is 1.75 bits per heavy atom. The van der Waals surface area contributed by atoms with Gasteiger partial charge in [0.2, 0.25) is 15.9 Å². The quantitative estimate of drug-likeness (QED) is 0.130. The largest absolute Gasteiger partial charge is 0.497 e. The molecule has 3 N–H and O–H groups in total. The minimum atomic E-state index is -4.16. The molecule has 0 spiro atoms. The highest BCUT2D eigenvalue weighted by atomic mass is 35.5. The van der Waals surface area contributed by atoms with Gasteiger partial charge in [0.05, 0.1) is 52.6 Å². The summed E-state index contributed by atoms with van der Waals surface area (Å²) in [5.74, 6) is -3.13. The molecule has 2 heterocycles. The molecule has 0 bridgehead atoms. The van der Waals surface area contributed by atoms with Crippen molar-refractivity contribution in [1.82, 2.24) is 24.6 Å². The summed E-state index contributed by atoms with van der Waals surface area (Å²) in [4.78, 5) is 29.6. The molecule has 3 aromatic carbocycles. The number of halogens is 5. The molecule has 0 aliphatic heterocycles. The molecule has 1 atom stereocenters. The van der Waals surface area contributed by atoms with Crippen LogP contribution in [0.3, 0.4) is 0 Å². The number of carbonyl (C=O) groups is 1. The van der Waals surface area contributed by atoms with Crippen LogP contribution >= 0.6 is 11.6 Å². The zero-order valence-electron chi connectivity index (χ0n) is 27.0. The normalized spacial score (nSPS) is 13.8. The fourth-order valence-electron chi connectivity index (χ4n) is 5.87. The number of aromatic hydroxyl groups is 1. The fraction of sp³-hybridized carbons (Fsp3) is 0.273. The zero-order chi connectivity index (χ0) is 37.5. The standard InChI is InChI=1S/C33H29ClF4N6O7S/c1-51-21-4-2-17(3-5-21)15-43(52(49,50)22-6-7-22)32-29-23(34)8-9-25(30(29)42(41-32)16-26(37)38)44-28(46)14-27(45)40-31(44)24(39-33(47)48)12-18-10-19(35)13-20(36)11-18/h2-5,8-11,13-14,22,24,26,39,45H,6-7,12,15-16H2,1H3,(H,47,48). The van der Waals surface area contributed by atoms with E-state index in [1.165, 1.54) is 19.2 Å². The van der Waals surface area contributed by atoms with Crippen LogP contribution in [-0.2, 0) is 29.5 Å². The van der Waals surface area contributed by atoms with Crippen LogP contribution in [0.25, 0.3) is 16.6 Å². The maximum absolute atomic E-state index is 14.2. The number of carboxylic acid groups (broad SMARTS) is 1. The topological polar surface area (TPSA) is 169 Å². The Morgan fingerprint density at radius 3 is 2.35 bits per heavy atom. The van der Waals surface area contributed by atoms with Crippen LogP contribution in [0.5, 0.6) is 11.6 Å². The van der Waals surface area contributed by atoms with Gasteiger partial charge in [-0.3, -0.25) is 14.0 Å². The van der Waals surface area contributed by atoms with Gasteiger partial charge in [0.15, 0.2) is 5.82 Å². The van der Waals surface area contributed by atoms with Gasteiger partial charge < -0.3 is 20.3 Å². The van der Waals surface area contributed by atoms with E-state index in [1.807, 2.05) is 0 Å². The molecule has 19 heteroatoms. The number of fused-ring (bicyclic) bond motifs is 1. The summed E-state index contributed by atoms with van der Waals surface area (Å²) < 4.78 is 92.3. The second-order valence-corrected chi connectivity index (χ2v) is 14.5. The lowest BCUT2D eigenvalue weighted by Crippen LogP contribution is -2.35. The van der Waals surface area contributed by atoms with Gasteiger partial charge in [0.1, 0.15) is 29.8 Å². The van der Waals surface area contributed by atoms with Gasteiger partial charge in [-0.05, 0) is 60.4 Å². The molecule has 1 aliphatic carbocycles. The van der Waals surface area contributed by atoms with Crippen LogP contribution in [0.15, 0.2) is 65.5 Å². The van der Waals surface area contributed by atoms with Crippen LogP contribution < -0.4 is 19.9 Å². The molecule has 6 rings (SSSR count). The number of nitrogens with zero attached hydrogens (tertiary/aromatic N) is 5. The lowest BCUT2D eigenvalue weighted by Gasteiger charge is -2.23. The van der Waals surface area contributed by atoms with E-state index in [4.69, 9.17) is 16.3 Å². The van der Waals surface area contributed by atoms with E-state index in [1.54, 1.807) is 24.3 Å². The molecule has 13 nitrogen and oxygen atoms in total. The van der Waals surface area contributed by atoms with Gasteiger partial charge >= 0.3 is 6.09 Å². The molecule has 1 unspecified atom stereocenters. The minimum Gasteiger partial charge on any atom is -0.497 e. The Hall–Kier alpha value is -5.36. The molecular formula is C33H29ClF4N6O7S. The smallest absolute Gasteiger partial charge is 0.405 e. The van der Waals surface area contributed by atoms with Crippen LogP contribution in [0.2, 0.25) is 5.02 Å².